The van der Waals surface area contributed by atoms with Gasteiger partial charge in [0.05, 0.1) is 15.4 Å². The molecule has 0 aliphatic carbocycles. The number of rotatable bonds is 4. The van der Waals surface area contributed by atoms with E-state index in [0.717, 1.165) is 6.07 Å². The molecule has 0 heterocycles. The third-order valence-corrected chi connectivity index (χ3v) is 4.53. The summed E-state index contributed by atoms with van der Waals surface area (Å²) in [6.07, 6.45) is 0. The monoisotopic (exact) mass is 352 g/mol. The van der Waals surface area contributed by atoms with Crippen molar-refractivity contribution in [1.29, 1.82) is 0 Å². The molecule has 1 atom stereocenters. The second-order valence-corrected chi connectivity index (χ2v) is 6.72. The van der Waals surface area contributed by atoms with Crippen LogP contribution < -0.4 is 4.72 Å². The van der Waals surface area contributed by atoms with Crippen LogP contribution in [-0.2, 0) is 14.8 Å². The Balaban J connectivity index is 2.99. The van der Waals surface area contributed by atoms with Crippen LogP contribution in [0.15, 0.2) is 27.6 Å². The number of nitrogens with zero attached hydrogens (tertiary/aromatic N) is 1. The standard InChI is InChI=1S/C11H14BrFN2O3S/c1-7(11(16)15(2)3)14-19(17,18)8-4-5-9(12)10(13)6-8/h4-7,14H,1-3H3. The predicted octanol–water partition coefficient (Wildman–Crippen LogP) is 1.34. The maximum absolute atomic E-state index is 13.3. The minimum atomic E-state index is -3.94. The summed E-state index contributed by atoms with van der Waals surface area (Å²) in [7, 11) is -0.895. The Morgan fingerprint density at radius 1 is 1.42 bits per heavy atom. The van der Waals surface area contributed by atoms with Gasteiger partial charge in [-0.05, 0) is 41.1 Å². The SMILES string of the molecule is CC(NS(=O)(=O)c1ccc(Br)c(F)c1)C(=O)N(C)C. The molecule has 0 saturated heterocycles. The molecule has 19 heavy (non-hydrogen) atoms. The lowest BCUT2D eigenvalue weighted by molar-refractivity contribution is -0.130. The van der Waals surface area contributed by atoms with Gasteiger partial charge in [-0.15, -0.1) is 0 Å². The van der Waals surface area contributed by atoms with Crippen LogP contribution in [0.5, 0.6) is 0 Å². The maximum Gasteiger partial charge on any atom is 0.241 e. The van der Waals surface area contributed by atoms with Crippen molar-refractivity contribution >= 4 is 31.9 Å². The minimum Gasteiger partial charge on any atom is -0.347 e. The average molecular weight is 353 g/mol. The smallest absolute Gasteiger partial charge is 0.241 e. The van der Waals surface area contributed by atoms with E-state index in [1.54, 1.807) is 0 Å². The summed E-state index contributed by atoms with van der Waals surface area (Å²) in [6, 6.07) is 2.51. The average Bonchev–Trinajstić information content (AvgIpc) is 2.30. The van der Waals surface area contributed by atoms with Gasteiger partial charge in [-0.1, -0.05) is 0 Å². The summed E-state index contributed by atoms with van der Waals surface area (Å²) in [4.78, 5) is 12.6. The van der Waals surface area contributed by atoms with Gasteiger partial charge < -0.3 is 4.90 Å². The first kappa shape index (κ1) is 16.1. The molecular weight excluding hydrogens is 339 g/mol. The van der Waals surface area contributed by atoms with Gasteiger partial charge in [0.25, 0.3) is 0 Å². The van der Waals surface area contributed by atoms with Gasteiger partial charge in [0, 0.05) is 14.1 Å². The Morgan fingerprint density at radius 3 is 2.47 bits per heavy atom. The number of nitrogens with one attached hydrogen (secondary N) is 1. The topological polar surface area (TPSA) is 66.5 Å². The van der Waals surface area contributed by atoms with E-state index in [0.29, 0.717) is 0 Å². The third-order valence-electron chi connectivity index (χ3n) is 2.34. The number of sulfonamides is 1. The quantitative estimate of drug-likeness (QED) is 0.889. The Hall–Kier alpha value is -0.990. The predicted molar refractivity (Wildman–Crippen MR) is 72.6 cm³/mol. The van der Waals surface area contributed by atoms with Gasteiger partial charge in [-0.2, -0.15) is 4.72 Å². The highest BCUT2D eigenvalue weighted by Gasteiger charge is 2.23. The van der Waals surface area contributed by atoms with Crippen LogP contribution in [0.3, 0.4) is 0 Å². The largest absolute Gasteiger partial charge is 0.347 e. The first-order chi connectivity index (χ1) is 8.65. The Labute approximate surface area is 120 Å². The van der Waals surface area contributed by atoms with Crippen LogP contribution in [0.25, 0.3) is 0 Å². The van der Waals surface area contributed by atoms with E-state index in [-0.39, 0.29) is 15.3 Å². The van der Waals surface area contributed by atoms with Gasteiger partial charge in [-0.3, -0.25) is 4.79 Å². The molecule has 1 aromatic rings. The third kappa shape index (κ3) is 3.99. The van der Waals surface area contributed by atoms with E-state index in [4.69, 9.17) is 0 Å². The lowest BCUT2D eigenvalue weighted by atomic mass is 10.3. The zero-order valence-electron chi connectivity index (χ0n) is 10.6. The fourth-order valence-corrected chi connectivity index (χ4v) is 2.84. The summed E-state index contributed by atoms with van der Waals surface area (Å²) in [5, 5.41) is 0. The Morgan fingerprint density at radius 2 is 2.00 bits per heavy atom. The van der Waals surface area contributed by atoms with Crippen molar-refractivity contribution in [2.75, 3.05) is 14.1 Å². The zero-order chi connectivity index (χ0) is 14.8. The fourth-order valence-electron chi connectivity index (χ4n) is 1.38. The summed E-state index contributed by atoms with van der Waals surface area (Å²) in [6.45, 7) is 1.43. The molecule has 0 bridgehead atoms. The van der Waals surface area contributed by atoms with Crippen LogP contribution in [0.1, 0.15) is 6.92 Å². The molecule has 1 amide bonds. The first-order valence-electron chi connectivity index (χ1n) is 5.33. The lowest BCUT2D eigenvalue weighted by Gasteiger charge is -2.18. The Bertz CT molecular complexity index is 590. The number of benzene rings is 1. The summed E-state index contributed by atoms with van der Waals surface area (Å²) in [5.74, 6) is -1.07. The maximum atomic E-state index is 13.3. The van der Waals surface area contributed by atoms with E-state index < -0.39 is 21.9 Å². The number of carbonyl (C=O) groups is 1. The van der Waals surface area contributed by atoms with Crippen molar-refractivity contribution in [2.24, 2.45) is 0 Å². The highest BCUT2D eigenvalue weighted by atomic mass is 79.9. The van der Waals surface area contributed by atoms with E-state index in [2.05, 4.69) is 20.7 Å². The van der Waals surface area contributed by atoms with Crippen LogP contribution in [0, 0.1) is 5.82 Å². The molecule has 1 unspecified atom stereocenters. The van der Waals surface area contributed by atoms with Crippen LogP contribution in [0.2, 0.25) is 0 Å². The zero-order valence-corrected chi connectivity index (χ0v) is 13.0. The van der Waals surface area contributed by atoms with Crippen molar-refractivity contribution in [3.05, 3.63) is 28.5 Å². The molecule has 5 nitrogen and oxygen atoms in total. The molecule has 106 valence electrons. The summed E-state index contributed by atoms with van der Waals surface area (Å²) in [5.41, 5.74) is 0. The van der Waals surface area contributed by atoms with Crippen molar-refractivity contribution < 1.29 is 17.6 Å². The molecule has 0 aliphatic rings. The highest BCUT2D eigenvalue weighted by Crippen LogP contribution is 2.19. The number of halogens is 2. The van der Waals surface area contributed by atoms with Gasteiger partial charge in [0.15, 0.2) is 0 Å². The number of likely N-dealkylation sites (N-methyl/N-ethyl adjacent to an activating group) is 1. The van der Waals surface area contributed by atoms with Crippen LogP contribution in [0.4, 0.5) is 4.39 Å². The molecular formula is C11H14BrFN2O3S. The van der Waals surface area contributed by atoms with Crippen molar-refractivity contribution in [3.63, 3.8) is 0 Å². The first-order valence-corrected chi connectivity index (χ1v) is 7.61. The molecule has 1 aromatic carbocycles. The molecule has 0 saturated carbocycles. The van der Waals surface area contributed by atoms with E-state index >= 15 is 0 Å². The molecule has 0 aliphatic heterocycles. The van der Waals surface area contributed by atoms with E-state index in [9.17, 15) is 17.6 Å². The van der Waals surface area contributed by atoms with Crippen molar-refractivity contribution in [3.8, 4) is 0 Å². The fraction of sp³-hybridized carbons (Fsp3) is 0.364. The van der Waals surface area contributed by atoms with E-state index in [1.165, 1.54) is 38.1 Å². The molecule has 0 aromatic heterocycles. The molecule has 1 rings (SSSR count). The molecule has 0 radical (unpaired) electrons. The van der Waals surface area contributed by atoms with Crippen LogP contribution in [-0.4, -0.2) is 39.4 Å². The van der Waals surface area contributed by atoms with E-state index in [1.807, 2.05) is 0 Å². The molecule has 0 fully saturated rings. The van der Waals surface area contributed by atoms with Gasteiger partial charge in [0.1, 0.15) is 5.82 Å². The summed E-state index contributed by atoms with van der Waals surface area (Å²) >= 11 is 2.94. The molecule has 1 N–H and O–H groups in total. The lowest BCUT2D eigenvalue weighted by Crippen LogP contribution is -2.44. The summed E-state index contributed by atoms with van der Waals surface area (Å²) < 4.78 is 39.6. The van der Waals surface area contributed by atoms with Gasteiger partial charge in [0.2, 0.25) is 15.9 Å². The number of hydrogen-bond donors (Lipinski definition) is 1. The number of amides is 1. The van der Waals surface area contributed by atoms with Crippen LogP contribution >= 0.6 is 15.9 Å². The van der Waals surface area contributed by atoms with Gasteiger partial charge >= 0.3 is 0 Å². The Kier molecular flexibility index (Phi) is 5.05. The molecule has 0 spiro atoms. The highest BCUT2D eigenvalue weighted by molar-refractivity contribution is 9.10. The second kappa shape index (κ2) is 5.98. The molecule has 8 heteroatoms. The normalized spacial score (nSPS) is 13.1. The van der Waals surface area contributed by atoms with Gasteiger partial charge in [-0.25, -0.2) is 12.8 Å². The minimum absolute atomic E-state index is 0.170. The second-order valence-electron chi connectivity index (χ2n) is 4.15. The van der Waals surface area contributed by atoms with Crippen molar-refractivity contribution in [1.82, 2.24) is 9.62 Å². The number of carbonyl (C=O) groups excluding carboxylic acids is 1. The van der Waals surface area contributed by atoms with Crippen molar-refractivity contribution in [2.45, 2.75) is 17.9 Å². The number of hydrogen-bond acceptors (Lipinski definition) is 3.